The molecular formula is C9H13N3O3. The summed E-state index contributed by atoms with van der Waals surface area (Å²) in [5, 5.41) is 16.5. The van der Waals surface area contributed by atoms with E-state index in [-0.39, 0.29) is 12.6 Å². The molecular weight excluding hydrogens is 198 g/mol. The van der Waals surface area contributed by atoms with Gasteiger partial charge in [0.1, 0.15) is 0 Å². The minimum absolute atomic E-state index is 0.0317. The van der Waals surface area contributed by atoms with Crippen LogP contribution < -0.4 is 0 Å². The zero-order chi connectivity index (χ0) is 10.9. The number of nitrogens with zero attached hydrogens (tertiary/aromatic N) is 3. The van der Waals surface area contributed by atoms with E-state index in [4.69, 9.17) is 9.84 Å². The molecule has 1 N–H and O–H groups in total. The van der Waals surface area contributed by atoms with Crippen LogP contribution in [0.25, 0.3) is 0 Å². The van der Waals surface area contributed by atoms with Crippen molar-refractivity contribution in [2.45, 2.75) is 24.8 Å². The molecule has 15 heavy (non-hydrogen) atoms. The summed E-state index contributed by atoms with van der Waals surface area (Å²) in [6, 6.07) is 0. The summed E-state index contributed by atoms with van der Waals surface area (Å²) < 4.78 is 6.27. The smallest absolute Gasteiger partial charge is 0.333 e. The number of aromatic nitrogens is 3. The third-order valence-electron chi connectivity index (χ3n) is 2.64. The Labute approximate surface area is 86.8 Å². The lowest BCUT2D eigenvalue weighted by atomic mass is 10.3. The largest absolute Gasteiger partial charge is 0.467 e. The molecule has 0 saturated heterocycles. The van der Waals surface area contributed by atoms with Gasteiger partial charge in [-0.25, -0.2) is 9.48 Å². The summed E-state index contributed by atoms with van der Waals surface area (Å²) in [6.07, 6.45) is 3.63. The van der Waals surface area contributed by atoms with Crippen LogP contribution in [0.5, 0.6) is 0 Å². The van der Waals surface area contributed by atoms with E-state index >= 15 is 0 Å². The van der Waals surface area contributed by atoms with Crippen LogP contribution >= 0.6 is 0 Å². The molecule has 1 fully saturated rings. The topological polar surface area (TPSA) is 77.2 Å². The van der Waals surface area contributed by atoms with Gasteiger partial charge in [-0.1, -0.05) is 5.21 Å². The molecule has 0 aliphatic heterocycles. The molecule has 0 aromatic carbocycles. The van der Waals surface area contributed by atoms with Gasteiger partial charge in [0.25, 0.3) is 0 Å². The summed E-state index contributed by atoms with van der Waals surface area (Å²) in [5.74, 6) is -0.275. The zero-order valence-electron chi connectivity index (χ0n) is 8.51. The van der Waals surface area contributed by atoms with Gasteiger partial charge < -0.3 is 9.84 Å². The number of hydrogen-bond acceptors (Lipinski definition) is 5. The van der Waals surface area contributed by atoms with Crippen LogP contribution in [0.4, 0.5) is 0 Å². The first-order valence-corrected chi connectivity index (χ1v) is 4.84. The lowest BCUT2D eigenvalue weighted by Gasteiger charge is -2.11. The number of aliphatic hydroxyl groups is 1. The lowest BCUT2D eigenvalue weighted by Crippen LogP contribution is -2.29. The number of carbonyl (C=O) groups is 1. The number of ether oxygens (including phenoxy) is 1. The van der Waals surface area contributed by atoms with Crippen molar-refractivity contribution < 1.29 is 14.6 Å². The Hall–Kier alpha value is -1.43. The molecule has 2 rings (SSSR count). The van der Waals surface area contributed by atoms with Crippen molar-refractivity contribution in [3.05, 3.63) is 11.9 Å². The SMILES string of the molecule is COC(=O)C1(n2cc(CCO)nn2)CC1. The highest BCUT2D eigenvalue weighted by Crippen LogP contribution is 2.43. The van der Waals surface area contributed by atoms with Crippen LogP contribution in [-0.2, 0) is 21.5 Å². The second kappa shape index (κ2) is 3.62. The van der Waals surface area contributed by atoms with Crippen LogP contribution in [0.1, 0.15) is 18.5 Å². The third kappa shape index (κ3) is 1.61. The Morgan fingerprint density at radius 2 is 2.47 bits per heavy atom. The molecule has 82 valence electrons. The first-order chi connectivity index (χ1) is 7.23. The Bertz CT molecular complexity index is 370. The Balaban J connectivity index is 2.18. The van der Waals surface area contributed by atoms with Gasteiger partial charge in [-0.15, -0.1) is 5.10 Å². The molecule has 0 spiro atoms. The van der Waals surface area contributed by atoms with Gasteiger partial charge in [-0.2, -0.15) is 0 Å². The Morgan fingerprint density at radius 3 is 3.00 bits per heavy atom. The molecule has 1 heterocycles. The summed E-state index contributed by atoms with van der Waals surface area (Å²) in [6.45, 7) is 0.0317. The lowest BCUT2D eigenvalue weighted by molar-refractivity contribution is -0.146. The predicted molar refractivity (Wildman–Crippen MR) is 50.0 cm³/mol. The number of methoxy groups -OCH3 is 1. The van der Waals surface area contributed by atoms with E-state index < -0.39 is 5.54 Å². The van der Waals surface area contributed by atoms with Crippen molar-refractivity contribution in [1.29, 1.82) is 0 Å². The van der Waals surface area contributed by atoms with E-state index in [9.17, 15) is 4.79 Å². The van der Waals surface area contributed by atoms with Crippen LogP contribution in [0.15, 0.2) is 6.20 Å². The van der Waals surface area contributed by atoms with Crippen molar-refractivity contribution in [3.63, 3.8) is 0 Å². The maximum Gasteiger partial charge on any atom is 0.333 e. The number of carbonyl (C=O) groups excluding carboxylic acids is 1. The molecule has 1 aromatic rings. The summed E-state index contributed by atoms with van der Waals surface area (Å²) in [7, 11) is 1.37. The fraction of sp³-hybridized carbons (Fsp3) is 0.667. The van der Waals surface area contributed by atoms with Crippen LogP contribution in [0.2, 0.25) is 0 Å². The Morgan fingerprint density at radius 1 is 1.73 bits per heavy atom. The molecule has 0 amide bonds. The van der Waals surface area contributed by atoms with Crippen molar-refractivity contribution in [2.75, 3.05) is 13.7 Å². The number of aliphatic hydroxyl groups excluding tert-OH is 1. The normalized spacial score (nSPS) is 17.5. The average Bonchev–Trinajstić information content (AvgIpc) is 2.93. The fourth-order valence-corrected chi connectivity index (χ4v) is 1.57. The number of hydrogen-bond donors (Lipinski definition) is 1. The molecule has 0 atom stereocenters. The zero-order valence-corrected chi connectivity index (χ0v) is 8.51. The number of rotatable bonds is 4. The van der Waals surface area contributed by atoms with E-state index in [1.165, 1.54) is 7.11 Å². The fourth-order valence-electron chi connectivity index (χ4n) is 1.57. The van der Waals surface area contributed by atoms with Gasteiger partial charge in [-0.3, -0.25) is 0 Å². The van der Waals surface area contributed by atoms with E-state index in [1.54, 1.807) is 10.9 Å². The van der Waals surface area contributed by atoms with Gasteiger partial charge in [0, 0.05) is 19.2 Å². The first-order valence-electron chi connectivity index (χ1n) is 4.84. The van der Waals surface area contributed by atoms with Gasteiger partial charge in [0.2, 0.25) is 0 Å². The minimum Gasteiger partial charge on any atom is -0.467 e. The monoisotopic (exact) mass is 211 g/mol. The molecule has 6 heteroatoms. The van der Waals surface area contributed by atoms with E-state index in [2.05, 4.69) is 10.3 Å². The molecule has 6 nitrogen and oxygen atoms in total. The quantitative estimate of drug-likeness (QED) is 0.678. The second-order valence-electron chi connectivity index (χ2n) is 3.65. The molecule has 0 bridgehead atoms. The number of esters is 1. The summed E-state index contributed by atoms with van der Waals surface area (Å²) >= 11 is 0. The minimum atomic E-state index is -0.630. The standard InChI is InChI=1S/C9H13N3O3/c1-15-8(14)9(3-4-9)12-6-7(2-5-13)10-11-12/h6,13H,2-5H2,1H3. The van der Waals surface area contributed by atoms with Crippen LogP contribution in [-0.4, -0.2) is 39.8 Å². The molecule has 1 saturated carbocycles. The Kier molecular flexibility index (Phi) is 2.44. The van der Waals surface area contributed by atoms with Crippen molar-refractivity contribution in [3.8, 4) is 0 Å². The average molecular weight is 211 g/mol. The van der Waals surface area contributed by atoms with E-state index in [1.807, 2.05) is 0 Å². The van der Waals surface area contributed by atoms with Gasteiger partial charge in [-0.05, 0) is 12.8 Å². The highest BCUT2D eigenvalue weighted by Gasteiger charge is 2.54. The van der Waals surface area contributed by atoms with Crippen LogP contribution in [0.3, 0.4) is 0 Å². The molecule has 1 aliphatic carbocycles. The summed E-state index contributed by atoms with van der Waals surface area (Å²) in [4.78, 5) is 11.5. The van der Waals surface area contributed by atoms with Crippen molar-refractivity contribution >= 4 is 5.97 Å². The van der Waals surface area contributed by atoms with Gasteiger partial charge >= 0.3 is 5.97 Å². The first kappa shape index (κ1) is 10.1. The van der Waals surface area contributed by atoms with Gasteiger partial charge in [0.05, 0.1) is 12.8 Å². The predicted octanol–water partition coefficient (Wildman–Crippen LogP) is -0.525. The molecule has 1 aliphatic rings. The third-order valence-corrected chi connectivity index (χ3v) is 2.64. The molecule has 0 unspecified atom stereocenters. The van der Waals surface area contributed by atoms with Crippen molar-refractivity contribution in [1.82, 2.24) is 15.0 Å². The highest BCUT2D eigenvalue weighted by atomic mass is 16.5. The maximum absolute atomic E-state index is 11.5. The molecule has 0 radical (unpaired) electrons. The highest BCUT2D eigenvalue weighted by molar-refractivity contribution is 5.81. The van der Waals surface area contributed by atoms with Gasteiger partial charge in [0.15, 0.2) is 5.54 Å². The summed E-state index contributed by atoms with van der Waals surface area (Å²) in [5.41, 5.74) is 0.0582. The van der Waals surface area contributed by atoms with E-state index in [0.717, 1.165) is 12.8 Å². The van der Waals surface area contributed by atoms with E-state index in [0.29, 0.717) is 12.1 Å². The van der Waals surface area contributed by atoms with Crippen LogP contribution in [0, 0.1) is 0 Å². The maximum atomic E-state index is 11.5. The second-order valence-corrected chi connectivity index (χ2v) is 3.65. The molecule has 1 aromatic heterocycles. The van der Waals surface area contributed by atoms with Crippen molar-refractivity contribution in [2.24, 2.45) is 0 Å².